The van der Waals surface area contributed by atoms with E-state index >= 15 is 0 Å². The fourth-order valence-electron chi connectivity index (χ4n) is 6.74. The number of amides is 6. The lowest BCUT2D eigenvalue weighted by molar-refractivity contribution is -0.145. The molecule has 6 amide bonds. The van der Waals surface area contributed by atoms with E-state index in [1.807, 2.05) is 20.8 Å². The van der Waals surface area contributed by atoms with Gasteiger partial charge in [0.1, 0.15) is 18.1 Å². The third-order valence-electron chi connectivity index (χ3n) is 9.92. The molecule has 1 saturated heterocycles. The second-order valence-electron chi connectivity index (χ2n) is 15.4. The molecule has 1 aliphatic heterocycles. The molecule has 0 bridgehead atoms. The van der Waals surface area contributed by atoms with Gasteiger partial charge < -0.3 is 26.2 Å². The van der Waals surface area contributed by atoms with Crippen LogP contribution in [-0.4, -0.2) is 97.4 Å². The first kappa shape index (κ1) is 41.2. The number of carbonyl (C=O) groups excluding carboxylic acids is 6. The van der Waals surface area contributed by atoms with Crippen LogP contribution in [-0.2, 0) is 34.0 Å². The van der Waals surface area contributed by atoms with Gasteiger partial charge in [-0.3, -0.25) is 24.0 Å². The highest BCUT2D eigenvalue weighted by Crippen LogP contribution is 2.65. The van der Waals surface area contributed by atoms with E-state index in [-0.39, 0.29) is 41.7 Å². The van der Waals surface area contributed by atoms with E-state index in [2.05, 4.69) is 27.8 Å². The minimum atomic E-state index is -4.21. The Morgan fingerprint density at radius 1 is 1.04 bits per heavy atom. The third-order valence-corrected chi connectivity index (χ3v) is 11.7. The lowest BCUT2D eigenvalue weighted by Crippen LogP contribution is -2.62. The van der Waals surface area contributed by atoms with Gasteiger partial charge in [0.05, 0.1) is 10.9 Å². The molecule has 14 nitrogen and oxygen atoms in total. The van der Waals surface area contributed by atoms with Gasteiger partial charge >= 0.3 is 6.03 Å². The predicted molar refractivity (Wildman–Crippen MR) is 191 cm³/mol. The molecular weight excluding hydrogens is 676 g/mol. The Bertz CT molecular complexity index is 1620. The van der Waals surface area contributed by atoms with Gasteiger partial charge in [0.25, 0.3) is 21.8 Å². The molecule has 1 aliphatic carbocycles. The van der Waals surface area contributed by atoms with Crippen molar-refractivity contribution in [3.63, 3.8) is 0 Å². The molecule has 0 aromatic heterocycles. The molecule has 1 aromatic rings. The van der Waals surface area contributed by atoms with Crippen LogP contribution in [0, 0.1) is 28.6 Å². The molecule has 0 radical (unpaired) electrons. The highest BCUT2D eigenvalue weighted by molar-refractivity contribution is 7.89. The SMILES string of the molecule is C=CCNC(=O)C(=O)C(CCC)NC(=O)[C@@H]1[C@@H]2[C@H](CN1C(=O)[C@@H](NC(=O)N[C@H](C(=O)N(C)S(=O)(=O)c1ccccc1)C(C)C)C(C)(C)C)C2(C)C. The van der Waals surface area contributed by atoms with Crippen LogP contribution in [0.2, 0.25) is 0 Å². The van der Waals surface area contributed by atoms with Crippen LogP contribution in [0.1, 0.15) is 68.2 Å². The van der Waals surface area contributed by atoms with Crippen molar-refractivity contribution in [2.24, 2.45) is 28.6 Å². The summed E-state index contributed by atoms with van der Waals surface area (Å²) in [6, 6.07) is 2.09. The monoisotopic (exact) mass is 730 g/mol. The first-order chi connectivity index (χ1) is 23.6. The number of fused-ring (bicyclic) bond motifs is 1. The van der Waals surface area contributed by atoms with Crippen LogP contribution in [0.15, 0.2) is 47.9 Å². The predicted octanol–water partition coefficient (Wildman–Crippen LogP) is 2.21. The summed E-state index contributed by atoms with van der Waals surface area (Å²) in [5, 5.41) is 10.5. The summed E-state index contributed by atoms with van der Waals surface area (Å²) in [6.45, 7) is 18.2. The molecule has 15 heteroatoms. The Labute approximate surface area is 301 Å². The normalized spacial score (nSPS) is 21.0. The number of carbonyl (C=O) groups is 6. The number of hydrogen-bond acceptors (Lipinski definition) is 8. The maximum Gasteiger partial charge on any atom is 0.316 e. The molecule has 3 rings (SSSR count). The summed E-state index contributed by atoms with van der Waals surface area (Å²) in [4.78, 5) is 82.1. The summed E-state index contributed by atoms with van der Waals surface area (Å²) < 4.78 is 26.9. The first-order valence-electron chi connectivity index (χ1n) is 17.3. The molecule has 1 saturated carbocycles. The number of nitrogens with one attached hydrogen (secondary N) is 4. The number of ketones is 1. The topological polar surface area (TPSA) is 191 Å². The summed E-state index contributed by atoms with van der Waals surface area (Å²) >= 11 is 0. The van der Waals surface area contributed by atoms with E-state index in [0.29, 0.717) is 10.7 Å². The number of piperidine rings is 1. The van der Waals surface area contributed by atoms with Gasteiger partial charge in [-0.25, -0.2) is 17.5 Å². The average Bonchev–Trinajstić information content (AvgIpc) is 3.37. The minimum Gasteiger partial charge on any atom is -0.346 e. The van der Waals surface area contributed by atoms with E-state index in [1.54, 1.807) is 40.7 Å². The smallest absolute Gasteiger partial charge is 0.316 e. The van der Waals surface area contributed by atoms with Gasteiger partial charge in [-0.2, -0.15) is 0 Å². The van der Waals surface area contributed by atoms with Crippen LogP contribution in [0.3, 0.4) is 0 Å². The molecule has 282 valence electrons. The molecule has 51 heavy (non-hydrogen) atoms. The molecular formula is C36H54N6O8S. The quantitative estimate of drug-likeness (QED) is 0.156. The number of likely N-dealkylation sites (tertiary alicyclic amines) is 1. The van der Waals surface area contributed by atoms with Crippen LogP contribution in [0.4, 0.5) is 4.79 Å². The van der Waals surface area contributed by atoms with Crippen molar-refractivity contribution < 1.29 is 37.2 Å². The Morgan fingerprint density at radius 3 is 2.18 bits per heavy atom. The number of Topliss-reactive ketones (excluding diaryl/α,β-unsaturated/α-hetero) is 1. The van der Waals surface area contributed by atoms with Gasteiger partial charge in [-0.1, -0.05) is 86.1 Å². The van der Waals surface area contributed by atoms with E-state index < -0.39 is 81.0 Å². The Morgan fingerprint density at radius 2 is 1.65 bits per heavy atom. The molecule has 0 spiro atoms. The minimum absolute atomic E-state index is 0.00657. The number of benzene rings is 1. The number of rotatable bonds is 15. The fraction of sp³-hybridized carbons (Fsp3) is 0.611. The zero-order valence-corrected chi connectivity index (χ0v) is 31.9. The lowest BCUT2D eigenvalue weighted by atomic mass is 9.85. The number of hydrogen-bond donors (Lipinski definition) is 4. The van der Waals surface area contributed by atoms with Crippen molar-refractivity contribution in [3.05, 3.63) is 43.0 Å². The summed E-state index contributed by atoms with van der Waals surface area (Å²) in [6.07, 6.45) is 2.16. The highest BCUT2D eigenvalue weighted by Gasteiger charge is 2.70. The standard InChI is InChI=1S/C36H54N6O8S/c1-11-16-24(28(43)31(45)37-19-12-2)38-30(44)27-25-23(36(25,8)9)20-42(27)33(47)29(35(5,6)7)40-34(48)39-26(21(3)4)32(46)41(10)51(49,50)22-17-14-13-15-18-22/h12-15,17-18,21,23-27,29H,2,11,16,19-20H2,1,3-10H3,(H,37,45)(H,38,44)(H2,39,40,48)/t23-,24?,25-,26-,27-,29+/m0/s1. The maximum absolute atomic E-state index is 14.4. The van der Waals surface area contributed by atoms with Crippen molar-refractivity contribution in [1.29, 1.82) is 0 Å². The van der Waals surface area contributed by atoms with Crippen molar-refractivity contribution >= 4 is 45.5 Å². The number of likely N-dealkylation sites (N-methyl/N-ethyl adjacent to an activating group) is 1. The summed E-state index contributed by atoms with van der Waals surface area (Å²) in [5.41, 5.74) is -1.13. The van der Waals surface area contributed by atoms with Gasteiger partial charge in [0.15, 0.2) is 0 Å². The van der Waals surface area contributed by atoms with Gasteiger partial charge in [-0.15, -0.1) is 6.58 Å². The largest absolute Gasteiger partial charge is 0.346 e. The average molecular weight is 731 g/mol. The lowest BCUT2D eigenvalue weighted by Gasteiger charge is -2.38. The van der Waals surface area contributed by atoms with Crippen LogP contribution in [0.5, 0.6) is 0 Å². The molecule has 4 N–H and O–H groups in total. The molecule has 1 unspecified atom stereocenters. The zero-order chi connectivity index (χ0) is 38.6. The molecule has 1 aromatic carbocycles. The maximum atomic E-state index is 14.4. The highest BCUT2D eigenvalue weighted by atomic mass is 32.2. The van der Waals surface area contributed by atoms with E-state index in [9.17, 15) is 37.2 Å². The zero-order valence-electron chi connectivity index (χ0n) is 31.1. The second-order valence-corrected chi connectivity index (χ2v) is 17.3. The van der Waals surface area contributed by atoms with E-state index in [1.165, 1.54) is 35.2 Å². The second kappa shape index (κ2) is 16.0. The van der Waals surface area contributed by atoms with E-state index in [0.717, 1.165) is 7.05 Å². The Kier molecular flexibility index (Phi) is 12.9. The van der Waals surface area contributed by atoms with Crippen molar-refractivity contribution in [2.75, 3.05) is 20.1 Å². The van der Waals surface area contributed by atoms with Gasteiger partial charge in [-0.05, 0) is 47.1 Å². The van der Waals surface area contributed by atoms with Crippen molar-refractivity contribution in [1.82, 2.24) is 30.5 Å². The number of urea groups is 1. The Hall–Kier alpha value is -4.27. The molecule has 1 heterocycles. The van der Waals surface area contributed by atoms with Crippen molar-refractivity contribution in [3.8, 4) is 0 Å². The third kappa shape index (κ3) is 8.97. The van der Waals surface area contributed by atoms with Gasteiger partial charge in [0.2, 0.25) is 17.6 Å². The van der Waals surface area contributed by atoms with Crippen LogP contribution >= 0.6 is 0 Å². The molecule has 2 aliphatic rings. The number of nitrogens with zero attached hydrogens (tertiary/aromatic N) is 2. The van der Waals surface area contributed by atoms with Gasteiger partial charge in [0, 0.05) is 20.1 Å². The molecule has 6 atom stereocenters. The van der Waals surface area contributed by atoms with Crippen LogP contribution in [0.25, 0.3) is 0 Å². The van der Waals surface area contributed by atoms with E-state index in [4.69, 9.17) is 0 Å². The van der Waals surface area contributed by atoms with Crippen LogP contribution < -0.4 is 21.3 Å². The number of sulfonamides is 1. The Balaban J connectivity index is 1.84. The molecule has 2 fully saturated rings. The summed E-state index contributed by atoms with van der Waals surface area (Å²) in [5.74, 6) is -4.34. The fourth-order valence-corrected chi connectivity index (χ4v) is 7.91. The van der Waals surface area contributed by atoms with Crippen molar-refractivity contribution in [2.45, 2.75) is 97.3 Å². The first-order valence-corrected chi connectivity index (χ1v) is 18.7. The summed E-state index contributed by atoms with van der Waals surface area (Å²) in [7, 11) is -3.09.